The SMILES string of the molecule is CC(C)Oc1ccccc1C(O)c1cccc(F)c1Cl. The minimum Gasteiger partial charge on any atom is -0.491 e. The number of ether oxygens (including phenoxy) is 1. The molecule has 0 bridgehead atoms. The number of aliphatic hydroxyl groups excluding tert-OH is 1. The van der Waals surface area contributed by atoms with E-state index in [0.717, 1.165) is 0 Å². The molecular weight excluding hydrogens is 279 g/mol. The smallest absolute Gasteiger partial charge is 0.142 e. The van der Waals surface area contributed by atoms with Crippen LogP contribution in [0.5, 0.6) is 5.75 Å². The summed E-state index contributed by atoms with van der Waals surface area (Å²) in [5, 5.41) is 10.4. The molecule has 0 saturated heterocycles. The molecule has 2 rings (SSSR count). The maximum atomic E-state index is 13.5. The van der Waals surface area contributed by atoms with Crippen LogP contribution in [0.3, 0.4) is 0 Å². The van der Waals surface area contributed by atoms with Crippen molar-refractivity contribution in [2.75, 3.05) is 0 Å². The maximum Gasteiger partial charge on any atom is 0.142 e. The Labute approximate surface area is 122 Å². The van der Waals surface area contributed by atoms with Crippen molar-refractivity contribution in [2.24, 2.45) is 0 Å². The van der Waals surface area contributed by atoms with E-state index in [1.807, 2.05) is 19.9 Å². The van der Waals surface area contributed by atoms with Crippen LogP contribution in [-0.2, 0) is 0 Å². The molecule has 0 heterocycles. The number of hydrogen-bond donors (Lipinski definition) is 1. The van der Waals surface area contributed by atoms with Gasteiger partial charge >= 0.3 is 0 Å². The van der Waals surface area contributed by atoms with Crippen molar-refractivity contribution in [3.63, 3.8) is 0 Å². The predicted octanol–water partition coefficient (Wildman–Crippen LogP) is 4.35. The lowest BCUT2D eigenvalue weighted by molar-refractivity contribution is 0.198. The lowest BCUT2D eigenvalue weighted by Gasteiger charge is -2.19. The molecule has 0 saturated carbocycles. The van der Waals surface area contributed by atoms with Crippen LogP contribution in [-0.4, -0.2) is 11.2 Å². The van der Waals surface area contributed by atoms with Gasteiger partial charge in [-0.3, -0.25) is 0 Å². The van der Waals surface area contributed by atoms with Gasteiger partial charge in [0.05, 0.1) is 11.1 Å². The average Bonchev–Trinajstić information content (AvgIpc) is 2.41. The molecule has 0 spiro atoms. The van der Waals surface area contributed by atoms with E-state index in [4.69, 9.17) is 16.3 Å². The van der Waals surface area contributed by atoms with Crippen LogP contribution < -0.4 is 4.74 Å². The summed E-state index contributed by atoms with van der Waals surface area (Å²) in [5.41, 5.74) is 0.889. The van der Waals surface area contributed by atoms with Crippen LogP contribution in [0, 0.1) is 5.82 Å². The van der Waals surface area contributed by atoms with E-state index in [1.165, 1.54) is 12.1 Å². The molecule has 2 aromatic rings. The minimum atomic E-state index is -1.03. The molecule has 0 aromatic heterocycles. The molecule has 0 aliphatic carbocycles. The first kappa shape index (κ1) is 14.8. The Hall–Kier alpha value is -1.58. The highest BCUT2D eigenvalue weighted by atomic mass is 35.5. The quantitative estimate of drug-likeness (QED) is 0.908. The fourth-order valence-corrected chi connectivity index (χ4v) is 2.20. The predicted molar refractivity (Wildman–Crippen MR) is 77.7 cm³/mol. The van der Waals surface area contributed by atoms with Crippen molar-refractivity contribution in [3.05, 3.63) is 64.4 Å². The first-order valence-electron chi connectivity index (χ1n) is 6.38. The van der Waals surface area contributed by atoms with Crippen LogP contribution in [0.1, 0.15) is 31.1 Å². The molecule has 1 unspecified atom stereocenters. The topological polar surface area (TPSA) is 29.5 Å². The van der Waals surface area contributed by atoms with E-state index in [1.54, 1.807) is 24.3 Å². The van der Waals surface area contributed by atoms with E-state index in [-0.39, 0.29) is 11.1 Å². The van der Waals surface area contributed by atoms with Crippen LogP contribution in [0.15, 0.2) is 42.5 Å². The third-order valence-corrected chi connectivity index (χ3v) is 3.25. The number of hydrogen-bond acceptors (Lipinski definition) is 2. The van der Waals surface area contributed by atoms with Gasteiger partial charge in [-0.25, -0.2) is 4.39 Å². The summed E-state index contributed by atoms with van der Waals surface area (Å²) in [7, 11) is 0. The Morgan fingerprint density at radius 1 is 1.05 bits per heavy atom. The lowest BCUT2D eigenvalue weighted by atomic mass is 10.0. The number of halogens is 2. The zero-order chi connectivity index (χ0) is 14.7. The summed E-state index contributed by atoms with van der Waals surface area (Å²) >= 11 is 5.92. The monoisotopic (exact) mass is 294 g/mol. The van der Waals surface area contributed by atoms with Gasteiger partial charge in [0.25, 0.3) is 0 Å². The van der Waals surface area contributed by atoms with Crippen molar-refractivity contribution in [2.45, 2.75) is 26.1 Å². The Balaban J connectivity index is 2.43. The zero-order valence-corrected chi connectivity index (χ0v) is 12.1. The fraction of sp³-hybridized carbons (Fsp3) is 0.250. The number of aliphatic hydroxyl groups is 1. The van der Waals surface area contributed by atoms with Crippen molar-refractivity contribution in [1.82, 2.24) is 0 Å². The van der Waals surface area contributed by atoms with E-state index >= 15 is 0 Å². The first-order chi connectivity index (χ1) is 9.50. The van der Waals surface area contributed by atoms with Gasteiger partial charge in [-0.05, 0) is 26.0 Å². The van der Waals surface area contributed by atoms with Gasteiger partial charge in [0.1, 0.15) is 17.7 Å². The molecule has 0 aliphatic heterocycles. The van der Waals surface area contributed by atoms with Crippen molar-refractivity contribution >= 4 is 11.6 Å². The second-order valence-electron chi connectivity index (χ2n) is 4.75. The van der Waals surface area contributed by atoms with Crippen molar-refractivity contribution < 1.29 is 14.2 Å². The van der Waals surface area contributed by atoms with Gasteiger partial charge in [0, 0.05) is 11.1 Å². The Kier molecular flexibility index (Phi) is 4.63. The van der Waals surface area contributed by atoms with Gasteiger partial charge in [0.2, 0.25) is 0 Å². The van der Waals surface area contributed by atoms with E-state index in [9.17, 15) is 9.50 Å². The average molecular weight is 295 g/mol. The lowest BCUT2D eigenvalue weighted by Crippen LogP contribution is -2.10. The summed E-state index contributed by atoms with van der Waals surface area (Å²) in [5.74, 6) is 0.0146. The third kappa shape index (κ3) is 3.11. The summed E-state index contributed by atoms with van der Waals surface area (Å²) < 4.78 is 19.2. The standard InChI is InChI=1S/C16H16ClFO2/c1-10(2)20-14-9-4-3-6-11(14)16(19)12-7-5-8-13(18)15(12)17/h3-10,16,19H,1-2H3. The first-order valence-corrected chi connectivity index (χ1v) is 6.76. The molecule has 0 fully saturated rings. The Morgan fingerprint density at radius 3 is 2.40 bits per heavy atom. The van der Waals surface area contributed by atoms with Crippen molar-refractivity contribution in [3.8, 4) is 5.75 Å². The summed E-state index contributed by atoms with van der Waals surface area (Å²) in [6.45, 7) is 3.80. The highest BCUT2D eigenvalue weighted by Gasteiger charge is 2.20. The highest BCUT2D eigenvalue weighted by Crippen LogP contribution is 2.34. The van der Waals surface area contributed by atoms with Crippen molar-refractivity contribution in [1.29, 1.82) is 0 Å². The molecule has 2 aromatic carbocycles. The molecule has 0 aliphatic rings. The van der Waals surface area contributed by atoms with Gasteiger partial charge in [-0.1, -0.05) is 41.9 Å². The number of para-hydroxylation sites is 1. The molecule has 0 amide bonds. The van der Waals surface area contributed by atoms with E-state index < -0.39 is 11.9 Å². The van der Waals surface area contributed by atoms with Gasteiger partial charge in [0.15, 0.2) is 0 Å². The van der Waals surface area contributed by atoms with E-state index in [2.05, 4.69) is 0 Å². The van der Waals surface area contributed by atoms with Crippen LogP contribution in [0.2, 0.25) is 5.02 Å². The molecular formula is C16H16ClFO2. The second kappa shape index (κ2) is 6.25. The number of rotatable bonds is 4. The molecule has 20 heavy (non-hydrogen) atoms. The molecule has 106 valence electrons. The van der Waals surface area contributed by atoms with E-state index in [0.29, 0.717) is 16.9 Å². The molecule has 4 heteroatoms. The molecule has 0 radical (unpaired) electrons. The fourth-order valence-electron chi connectivity index (χ4n) is 1.97. The van der Waals surface area contributed by atoms with Crippen LogP contribution in [0.25, 0.3) is 0 Å². The Bertz CT molecular complexity index is 599. The zero-order valence-electron chi connectivity index (χ0n) is 11.3. The van der Waals surface area contributed by atoms with Gasteiger partial charge < -0.3 is 9.84 Å². The highest BCUT2D eigenvalue weighted by molar-refractivity contribution is 6.31. The van der Waals surface area contributed by atoms with Crippen LogP contribution in [0.4, 0.5) is 4.39 Å². The van der Waals surface area contributed by atoms with Gasteiger partial charge in [-0.15, -0.1) is 0 Å². The minimum absolute atomic E-state index is 0.0219. The molecule has 2 nitrogen and oxygen atoms in total. The third-order valence-electron chi connectivity index (χ3n) is 2.85. The summed E-state index contributed by atoms with van der Waals surface area (Å²) in [6, 6.07) is 11.5. The molecule has 1 atom stereocenters. The number of benzene rings is 2. The Morgan fingerprint density at radius 2 is 1.70 bits per heavy atom. The normalized spacial score (nSPS) is 12.5. The maximum absolute atomic E-state index is 13.5. The summed E-state index contributed by atoms with van der Waals surface area (Å²) in [4.78, 5) is 0. The van der Waals surface area contributed by atoms with Crippen LogP contribution >= 0.6 is 11.6 Å². The molecule has 1 N–H and O–H groups in total. The second-order valence-corrected chi connectivity index (χ2v) is 5.13. The largest absolute Gasteiger partial charge is 0.491 e. The van der Waals surface area contributed by atoms with Gasteiger partial charge in [-0.2, -0.15) is 0 Å². The summed E-state index contributed by atoms with van der Waals surface area (Å²) in [6.07, 6.45) is -1.06.